The summed E-state index contributed by atoms with van der Waals surface area (Å²) in [6.07, 6.45) is 1.09. The number of rotatable bonds is 8. The van der Waals surface area contributed by atoms with Crippen LogP contribution in [-0.4, -0.2) is 25.2 Å². The average Bonchev–Trinajstić information content (AvgIpc) is 2.46. The zero-order chi connectivity index (χ0) is 16.5. The Balaban J connectivity index is 3.07. The zero-order valence-corrected chi connectivity index (χ0v) is 13.9. The lowest BCUT2D eigenvalue weighted by Crippen LogP contribution is -2.16. The third-order valence-electron chi connectivity index (χ3n) is 3.37. The van der Waals surface area contributed by atoms with Crippen molar-refractivity contribution in [1.82, 2.24) is 0 Å². The molecule has 122 valence electrons. The Bertz CT molecular complexity index is 494. The lowest BCUT2D eigenvalue weighted by Gasteiger charge is -2.21. The van der Waals surface area contributed by atoms with E-state index in [9.17, 15) is 9.59 Å². The van der Waals surface area contributed by atoms with Gasteiger partial charge in [-0.1, -0.05) is 32.0 Å². The van der Waals surface area contributed by atoms with E-state index in [4.69, 9.17) is 9.47 Å². The van der Waals surface area contributed by atoms with Crippen molar-refractivity contribution in [2.75, 3.05) is 13.2 Å². The third kappa shape index (κ3) is 5.51. The van der Waals surface area contributed by atoms with Crippen molar-refractivity contribution < 1.29 is 19.1 Å². The van der Waals surface area contributed by atoms with Crippen LogP contribution in [0.15, 0.2) is 24.3 Å². The van der Waals surface area contributed by atoms with Crippen molar-refractivity contribution in [3.05, 3.63) is 35.4 Å². The van der Waals surface area contributed by atoms with E-state index < -0.39 is 0 Å². The molecular weight excluding hydrogens is 280 g/mol. The standard InChI is InChI=1S/C18H26O4/c1-5-21-17(19)12-14(11-13(3)4)15-9-7-8-10-16(15)18(20)22-6-2/h7-10,13-14H,5-6,11-12H2,1-4H3. The fraction of sp³-hybridized carbons (Fsp3) is 0.556. The topological polar surface area (TPSA) is 52.6 Å². The summed E-state index contributed by atoms with van der Waals surface area (Å²) in [5.74, 6) is -0.197. The van der Waals surface area contributed by atoms with Gasteiger partial charge < -0.3 is 9.47 Å². The number of ether oxygens (including phenoxy) is 2. The highest BCUT2D eigenvalue weighted by molar-refractivity contribution is 5.91. The number of esters is 2. The molecule has 0 bridgehead atoms. The molecule has 1 rings (SSSR count). The minimum atomic E-state index is -0.337. The number of hydrogen-bond acceptors (Lipinski definition) is 4. The quantitative estimate of drug-likeness (QED) is 0.682. The molecule has 0 amide bonds. The van der Waals surface area contributed by atoms with Crippen LogP contribution >= 0.6 is 0 Å². The van der Waals surface area contributed by atoms with Crippen LogP contribution in [0.1, 0.15) is 62.4 Å². The Kier molecular flexibility index (Phi) is 7.64. The van der Waals surface area contributed by atoms with Crippen LogP contribution in [0.25, 0.3) is 0 Å². The first-order valence-electron chi connectivity index (χ1n) is 7.91. The first-order valence-corrected chi connectivity index (χ1v) is 7.91. The molecule has 0 aliphatic rings. The second-order valence-electron chi connectivity index (χ2n) is 5.64. The Morgan fingerprint density at radius 1 is 1.05 bits per heavy atom. The number of carbonyl (C=O) groups is 2. The molecule has 1 aromatic carbocycles. The summed E-state index contributed by atoms with van der Waals surface area (Å²) in [4.78, 5) is 24.0. The first-order chi connectivity index (χ1) is 10.5. The van der Waals surface area contributed by atoms with E-state index in [0.29, 0.717) is 24.7 Å². The maximum absolute atomic E-state index is 12.1. The molecule has 0 radical (unpaired) electrons. The van der Waals surface area contributed by atoms with Crippen molar-refractivity contribution in [3.63, 3.8) is 0 Å². The van der Waals surface area contributed by atoms with Gasteiger partial charge >= 0.3 is 11.9 Å². The molecule has 1 aromatic rings. The van der Waals surface area contributed by atoms with E-state index in [0.717, 1.165) is 12.0 Å². The van der Waals surface area contributed by atoms with E-state index in [1.54, 1.807) is 19.9 Å². The molecule has 0 aliphatic heterocycles. The zero-order valence-electron chi connectivity index (χ0n) is 13.9. The minimum Gasteiger partial charge on any atom is -0.466 e. The lowest BCUT2D eigenvalue weighted by molar-refractivity contribution is -0.143. The van der Waals surface area contributed by atoms with Crippen molar-refractivity contribution >= 4 is 11.9 Å². The number of hydrogen-bond donors (Lipinski definition) is 0. The summed E-state index contributed by atoms with van der Waals surface area (Å²) in [5.41, 5.74) is 1.40. The van der Waals surface area contributed by atoms with Crippen LogP contribution in [0.5, 0.6) is 0 Å². The van der Waals surface area contributed by atoms with E-state index in [2.05, 4.69) is 13.8 Å². The van der Waals surface area contributed by atoms with Gasteiger partial charge in [-0.2, -0.15) is 0 Å². The maximum atomic E-state index is 12.1. The SMILES string of the molecule is CCOC(=O)CC(CC(C)C)c1ccccc1C(=O)OCC. The molecule has 1 unspecified atom stereocenters. The van der Waals surface area contributed by atoms with E-state index in [1.807, 2.05) is 18.2 Å². The number of carbonyl (C=O) groups excluding carboxylic acids is 2. The van der Waals surface area contributed by atoms with Gasteiger partial charge in [0.15, 0.2) is 0 Å². The first kappa shape index (κ1) is 18.2. The summed E-state index contributed by atoms with van der Waals surface area (Å²) < 4.78 is 10.2. The maximum Gasteiger partial charge on any atom is 0.338 e. The normalized spacial score (nSPS) is 12.0. The molecular formula is C18H26O4. The van der Waals surface area contributed by atoms with Crippen LogP contribution in [-0.2, 0) is 14.3 Å². The van der Waals surface area contributed by atoms with Gasteiger partial charge in [0.25, 0.3) is 0 Å². The van der Waals surface area contributed by atoms with Crippen molar-refractivity contribution in [2.24, 2.45) is 5.92 Å². The fourth-order valence-corrected chi connectivity index (χ4v) is 2.56. The molecule has 1 atom stereocenters. The Hall–Kier alpha value is -1.84. The second kappa shape index (κ2) is 9.23. The van der Waals surface area contributed by atoms with Gasteiger partial charge in [0.05, 0.1) is 25.2 Å². The Morgan fingerprint density at radius 3 is 2.27 bits per heavy atom. The van der Waals surface area contributed by atoms with Gasteiger partial charge in [-0.05, 0) is 43.7 Å². The molecule has 4 nitrogen and oxygen atoms in total. The minimum absolute atomic E-state index is 0.0420. The highest BCUT2D eigenvalue weighted by Gasteiger charge is 2.23. The van der Waals surface area contributed by atoms with E-state index in [-0.39, 0.29) is 24.3 Å². The molecule has 0 N–H and O–H groups in total. The summed E-state index contributed by atoms with van der Waals surface area (Å²) in [6.45, 7) is 8.48. The van der Waals surface area contributed by atoms with Gasteiger partial charge in [-0.25, -0.2) is 4.79 Å². The molecule has 0 aliphatic carbocycles. The lowest BCUT2D eigenvalue weighted by atomic mass is 9.85. The average molecular weight is 306 g/mol. The largest absolute Gasteiger partial charge is 0.466 e. The molecule has 4 heteroatoms. The summed E-state index contributed by atoms with van der Waals surface area (Å²) in [6, 6.07) is 7.35. The van der Waals surface area contributed by atoms with Gasteiger partial charge in [0.2, 0.25) is 0 Å². The van der Waals surface area contributed by atoms with Crippen LogP contribution in [0.4, 0.5) is 0 Å². The van der Waals surface area contributed by atoms with Crippen molar-refractivity contribution in [3.8, 4) is 0 Å². The van der Waals surface area contributed by atoms with Gasteiger partial charge in [0, 0.05) is 0 Å². The number of benzene rings is 1. The highest BCUT2D eigenvalue weighted by atomic mass is 16.5. The predicted octanol–water partition coefficient (Wildman–Crippen LogP) is 3.95. The molecule has 0 heterocycles. The fourth-order valence-electron chi connectivity index (χ4n) is 2.56. The predicted molar refractivity (Wildman–Crippen MR) is 85.8 cm³/mol. The van der Waals surface area contributed by atoms with Crippen LogP contribution < -0.4 is 0 Å². The van der Waals surface area contributed by atoms with E-state index in [1.165, 1.54) is 0 Å². The summed E-state index contributed by atoms with van der Waals surface area (Å²) in [7, 11) is 0. The monoisotopic (exact) mass is 306 g/mol. The van der Waals surface area contributed by atoms with Crippen molar-refractivity contribution in [1.29, 1.82) is 0 Å². The smallest absolute Gasteiger partial charge is 0.338 e. The Labute approximate surface area is 132 Å². The molecule has 0 spiro atoms. The van der Waals surface area contributed by atoms with Crippen LogP contribution in [0.3, 0.4) is 0 Å². The van der Waals surface area contributed by atoms with Gasteiger partial charge in [0.1, 0.15) is 0 Å². The Morgan fingerprint density at radius 2 is 1.68 bits per heavy atom. The van der Waals surface area contributed by atoms with E-state index >= 15 is 0 Å². The highest BCUT2D eigenvalue weighted by Crippen LogP contribution is 2.30. The van der Waals surface area contributed by atoms with Gasteiger partial charge in [-0.3, -0.25) is 4.79 Å². The summed E-state index contributed by atoms with van der Waals surface area (Å²) >= 11 is 0. The van der Waals surface area contributed by atoms with Crippen LogP contribution in [0, 0.1) is 5.92 Å². The van der Waals surface area contributed by atoms with Gasteiger partial charge in [-0.15, -0.1) is 0 Å². The van der Waals surface area contributed by atoms with Crippen LogP contribution in [0.2, 0.25) is 0 Å². The molecule has 0 saturated carbocycles. The third-order valence-corrected chi connectivity index (χ3v) is 3.37. The molecule has 0 saturated heterocycles. The molecule has 0 aromatic heterocycles. The van der Waals surface area contributed by atoms with Crippen molar-refractivity contribution in [2.45, 2.75) is 46.5 Å². The second-order valence-corrected chi connectivity index (χ2v) is 5.64. The molecule has 0 fully saturated rings. The molecule has 22 heavy (non-hydrogen) atoms. The summed E-state index contributed by atoms with van der Waals surface area (Å²) in [5, 5.41) is 0.